The van der Waals surface area contributed by atoms with Gasteiger partial charge in [0.15, 0.2) is 0 Å². The van der Waals surface area contributed by atoms with Crippen molar-refractivity contribution in [3.05, 3.63) is 59.5 Å². The molecule has 1 aromatic carbocycles. The van der Waals surface area contributed by atoms with Crippen LogP contribution in [0.15, 0.2) is 47.1 Å². The number of carbonyl (C=O) groups excluding carboxylic acids is 1. The number of ether oxygens (including phenoxy) is 2. The number of para-hydroxylation sites is 1. The van der Waals surface area contributed by atoms with E-state index >= 15 is 0 Å². The molecule has 2 atom stereocenters. The molecule has 1 amide bonds. The van der Waals surface area contributed by atoms with Crippen LogP contribution in [-0.4, -0.2) is 46.3 Å². The summed E-state index contributed by atoms with van der Waals surface area (Å²) in [6.45, 7) is 2.88. The topological polar surface area (TPSA) is 110 Å². The molecule has 1 saturated heterocycles. The summed E-state index contributed by atoms with van der Waals surface area (Å²) in [7, 11) is 0. The van der Waals surface area contributed by atoms with Crippen molar-refractivity contribution in [2.24, 2.45) is 0 Å². The van der Waals surface area contributed by atoms with Gasteiger partial charge in [-0.25, -0.2) is 10.5 Å². The first-order valence-corrected chi connectivity index (χ1v) is 12.4. The first-order chi connectivity index (χ1) is 18.2. The van der Waals surface area contributed by atoms with Crippen LogP contribution in [0, 0.1) is 0 Å². The summed E-state index contributed by atoms with van der Waals surface area (Å²) in [4.78, 5) is 18.0. The van der Waals surface area contributed by atoms with Gasteiger partial charge in [-0.15, -0.1) is 13.2 Å². The molecule has 2 aromatic heterocycles. The average Bonchev–Trinajstić information content (AvgIpc) is 3.66. The lowest BCUT2D eigenvalue weighted by Gasteiger charge is -2.38. The van der Waals surface area contributed by atoms with E-state index in [0.29, 0.717) is 42.2 Å². The number of anilines is 1. The molecule has 5 rings (SSSR count). The fourth-order valence-corrected chi connectivity index (χ4v) is 4.79. The first-order valence-electron chi connectivity index (χ1n) is 12.4. The van der Waals surface area contributed by atoms with E-state index in [2.05, 4.69) is 26.7 Å². The minimum Gasteiger partial charge on any atom is -0.405 e. The molecule has 1 aliphatic heterocycles. The zero-order valence-corrected chi connectivity index (χ0v) is 20.6. The molecule has 0 bridgehead atoms. The second-order valence-corrected chi connectivity index (χ2v) is 9.54. The third-order valence-corrected chi connectivity index (χ3v) is 6.83. The molecule has 0 unspecified atom stereocenters. The largest absolute Gasteiger partial charge is 0.573 e. The van der Waals surface area contributed by atoms with Gasteiger partial charge in [-0.2, -0.15) is 0 Å². The molecule has 3 aromatic rings. The number of hydroxylamine groups is 1. The van der Waals surface area contributed by atoms with E-state index in [1.165, 1.54) is 24.4 Å². The van der Waals surface area contributed by atoms with E-state index in [4.69, 9.17) is 14.5 Å². The van der Waals surface area contributed by atoms with E-state index < -0.39 is 12.3 Å². The van der Waals surface area contributed by atoms with Gasteiger partial charge in [0.05, 0.1) is 18.3 Å². The van der Waals surface area contributed by atoms with Crippen LogP contribution in [0.1, 0.15) is 60.2 Å². The Morgan fingerprint density at radius 3 is 2.66 bits per heavy atom. The summed E-state index contributed by atoms with van der Waals surface area (Å²) in [5, 5.41) is 12.9. The summed E-state index contributed by atoms with van der Waals surface area (Å²) in [6, 6.07) is 9.30. The Morgan fingerprint density at radius 1 is 1.21 bits per heavy atom. The Labute approximate surface area is 216 Å². The highest BCUT2D eigenvalue weighted by Crippen LogP contribution is 2.46. The van der Waals surface area contributed by atoms with Crippen LogP contribution in [0.2, 0.25) is 0 Å². The Morgan fingerprint density at radius 2 is 2.00 bits per heavy atom. The molecule has 9 nitrogen and oxygen atoms in total. The summed E-state index contributed by atoms with van der Waals surface area (Å²) >= 11 is 0. The number of carbonyl (C=O) groups is 1. The highest BCUT2D eigenvalue weighted by atomic mass is 19.4. The lowest BCUT2D eigenvalue weighted by atomic mass is 10.00. The van der Waals surface area contributed by atoms with Crippen molar-refractivity contribution in [1.29, 1.82) is 0 Å². The number of hydrogen-bond acceptors (Lipinski definition) is 8. The maximum Gasteiger partial charge on any atom is 0.573 e. The molecule has 0 radical (unpaired) electrons. The number of nitrogens with one attached hydrogen (secondary N) is 1. The summed E-state index contributed by atoms with van der Waals surface area (Å²) < 4.78 is 55.2. The number of halogens is 3. The van der Waals surface area contributed by atoms with Gasteiger partial charge in [-0.05, 0) is 56.9 Å². The summed E-state index contributed by atoms with van der Waals surface area (Å²) in [6.07, 6.45) is -0.236. The Kier molecular flexibility index (Phi) is 7.26. The van der Waals surface area contributed by atoms with Gasteiger partial charge in [0, 0.05) is 35.8 Å². The maximum absolute atomic E-state index is 13.0. The molecular weight excluding hydrogens is 505 g/mol. The van der Waals surface area contributed by atoms with Gasteiger partial charge in [0.25, 0.3) is 5.91 Å². The molecule has 0 spiro atoms. The lowest BCUT2D eigenvalue weighted by molar-refractivity contribution is -0.274. The average molecular weight is 533 g/mol. The number of hydrogen-bond donors (Lipinski definition) is 2. The van der Waals surface area contributed by atoms with Crippen molar-refractivity contribution < 1.29 is 37.2 Å². The van der Waals surface area contributed by atoms with Gasteiger partial charge >= 0.3 is 6.36 Å². The standard InChI is InChI=1S/C26H27F3N4O5/c1-15-12-18(10-11-33(15)22-9-8-17(13-30-22)25(34)31-35)36-14-20-23(32-38-24(20)16-6-7-16)19-4-2-3-5-21(19)37-26(27,28)29/h2-5,8-9,13,15-16,18,35H,6-7,10-12,14H2,1H3,(H,31,34)/t15-,18-/m1/s1. The van der Waals surface area contributed by atoms with Gasteiger partial charge < -0.3 is 18.9 Å². The van der Waals surface area contributed by atoms with Crippen molar-refractivity contribution in [2.45, 2.75) is 63.6 Å². The lowest BCUT2D eigenvalue weighted by Crippen LogP contribution is -2.44. The van der Waals surface area contributed by atoms with Gasteiger partial charge in [0.1, 0.15) is 23.0 Å². The number of benzene rings is 1. The van der Waals surface area contributed by atoms with Crippen LogP contribution in [0.3, 0.4) is 0 Å². The SMILES string of the molecule is C[C@@H]1C[C@H](OCc2c(-c3ccccc3OC(F)(F)F)noc2C2CC2)CCN1c1ccc(C(=O)NO)cn1. The second kappa shape index (κ2) is 10.6. The third-order valence-electron chi connectivity index (χ3n) is 6.83. The van der Waals surface area contributed by atoms with Crippen molar-refractivity contribution in [3.8, 4) is 17.0 Å². The van der Waals surface area contributed by atoms with Gasteiger partial charge in [0.2, 0.25) is 0 Å². The maximum atomic E-state index is 13.0. The number of alkyl halides is 3. The predicted octanol–water partition coefficient (Wildman–Crippen LogP) is 5.21. The quantitative estimate of drug-likeness (QED) is 0.301. The number of pyridine rings is 1. The van der Waals surface area contributed by atoms with Crippen LogP contribution < -0.4 is 15.1 Å². The number of nitrogens with zero attached hydrogens (tertiary/aromatic N) is 3. The van der Waals surface area contributed by atoms with E-state index in [1.807, 2.05) is 0 Å². The van der Waals surface area contributed by atoms with E-state index in [-0.39, 0.29) is 41.5 Å². The molecule has 38 heavy (non-hydrogen) atoms. The molecule has 3 heterocycles. The smallest absolute Gasteiger partial charge is 0.405 e. The van der Waals surface area contributed by atoms with Crippen molar-refractivity contribution in [1.82, 2.24) is 15.6 Å². The monoisotopic (exact) mass is 532 g/mol. The van der Waals surface area contributed by atoms with E-state index in [9.17, 15) is 18.0 Å². The zero-order chi connectivity index (χ0) is 26.9. The summed E-state index contributed by atoms with van der Waals surface area (Å²) in [5.74, 6) is 0.588. The van der Waals surface area contributed by atoms with Crippen molar-refractivity contribution in [3.63, 3.8) is 0 Å². The molecule has 202 valence electrons. The third kappa shape index (κ3) is 5.76. The van der Waals surface area contributed by atoms with Crippen molar-refractivity contribution in [2.75, 3.05) is 11.4 Å². The molecule has 2 N–H and O–H groups in total. The highest BCUT2D eigenvalue weighted by Gasteiger charge is 2.36. The zero-order valence-electron chi connectivity index (χ0n) is 20.6. The molecule has 2 fully saturated rings. The van der Waals surface area contributed by atoms with Crippen LogP contribution in [0.5, 0.6) is 5.75 Å². The minimum atomic E-state index is -4.83. The molecule has 2 aliphatic rings. The predicted molar refractivity (Wildman–Crippen MR) is 129 cm³/mol. The second-order valence-electron chi connectivity index (χ2n) is 9.54. The number of aromatic nitrogens is 2. The number of piperidine rings is 1. The first kappa shape index (κ1) is 26.0. The summed E-state index contributed by atoms with van der Waals surface area (Å²) in [5.41, 5.74) is 2.99. The fourth-order valence-electron chi connectivity index (χ4n) is 4.79. The fraction of sp³-hybridized carbons (Fsp3) is 0.423. The molecule has 1 aliphatic carbocycles. The van der Waals surface area contributed by atoms with Crippen molar-refractivity contribution >= 4 is 11.7 Å². The normalized spacial score (nSPS) is 19.9. The van der Waals surface area contributed by atoms with Crippen LogP contribution in [-0.2, 0) is 11.3 Å². The Hall–Kier alpha value is -3.64. The Balaban J connectivity index is 1.28. The van der Waals surface area contributed by atoms with Gasteiger partial charge in [-0.3, -0.25) is 10.0 Å². The molecule has 12 heteroatoms. The number of amides is 1. The van der Waals surface area contributed by atoms with Gasteiger partial charge in [-0.1, -0.05) is 17.3 Å². The molecule has 1 saturated carbocycles. The molecular formula is C26H27F3N4O5. The minimum absolute atomic E-state index is 0.0860. The van der Waals surface area contributed by atoms with E-state index in [1.54, 1.807) is 23.7 Å². The van der Waals surface area contributed by atoms with Crippen LogP contribution in [0.4, 0.5) is 19.0 Å². The van der Waals surface area contributed by atoms with E-state index in [0.717, 1.165) is 12.8 Å². The Bertz CT molecular complexity index is 1280. The highest BCUT2D eigenvalue weighted by molar-refractivity contribution is 5.93. The van der Waals surface area contributed by atoms with Crippen LogP contribution >= 0.6 is 0 Å². The van der Waals surface area contributed by atoms with Crippen LogP contribution in [0.25, 0.3) is 11.3 Å². The number of rotatable bonds is 8.